The molecule has 0 spiro atoms. The lowest BCUT2D eigenvalue weighted by molar-refractivity contribution is -0.135. The van der Waals surface area contributed by atoms with Crippen molar-refractivity contribution >= 4 is 23.3 Å². The van der Waals surface area contributed by atoms with E-state index in [2.05, 4.69) is 31.0 Å². The van der Waals surface area contributed by atoms with Gasteiger partial charge in [0.15, 0.2) is 0 Å². The standard InChI is InChI=1S/C23H30N2O2S/c1-22-8-6-17-15(16(22)4-5-18(22)26)12-14(13-19-24-10-11-28-19)21-23(17,2)9-7-20(27)25(21)3/h7,9-11,13,15-18,21,26H,4-6,8,12H2,1-3H3/t15-,16-,17+,18?,21?,22-,23+/m0/s1. The molecule has 2 heterocycles. The van der Waals surface area contributed by atoms with Gasteiger partial charge < -0.3 is 10.0 Å². The van der Waals surface area contributed by atoms with Crippen LogP contribution in [-0.4, -0.2) is 40.1 Å². The number of rotatable bonds is 1. The third-order valence-electron chi connectivity index (χ3n) is 8.68. The summed E-state index contributed by atoms with van der Waals surface area (Å²) >= 11 is 1.66. The second kappa shape index (κ2) is 6.27. The van der Waals surface area contributed by atoms with Crippen LogP contribution in [0.15, 0.2) is 29.3 Å². The van der Waals surface area contributed by atoms with Crippen molar-refractivity contribution in [1.82, 2.24) is 9.88 Å². The zero-order chi connectivity index (χ0) is 19.7. The Bertz CT molecular complexity index is 847. The minimum absolute atomic E-state index is 0.0520. The maximum Gasteiger partial charge on any atom is 0.246 e. The van der Waals surface area contributed by atoms with Crippen LogP contribution in [0, 0.1) is 28.6 Å². The van der Waals surface area contributed by atoms with Crippen LogP contribution in [0.3, 0.4) is 0 Å². The molecule has 4 nitrogen and oxygen atoms in total. The molecule has 3 fully saturated rings. The number of hydrogen-bond acceptors (Lipinski definition) is 4. The summed E-state index contributed by atoms with van der Waals surface area (Å²) in [5, 5.41) is 13.8. The number of carbonyl (C=O) groups excluding carboxylic acids is 1. The molecule has 5 rings (SSSR count). The molecular formula is C23H30N2O2S. The highest BCUT2D eigenvalue weighted by molar-refractivity contribution is 7.10. The van der Waals surface area contributed by atoms with E-state index in [1.54, 1.807) is 17.4 Å². The van der Waals surface area contributed by atoms with Gasteiger partial charge in [0, 0.05) is 24.0 Å². The normalized spacial score (nSPS) is 46.4. The van der Waals surface area contributed by atoms with Crippen LogP contribution in [0.5, 0.6) is 0 Å². The zero-order valence-corrected chi connectivity index (χ0v) is 17.8. The molecule has 5 heteroatoms. The van der Waals surface area contributed by atoms with Gasteiger partial charge in [0.2, 0.25) is 5.91 Å². The first-order chi connectivity index (χ1) is 13.3. The number of amides is 1. The summed E-state index contributed by atoms with van der Waals surface area (Å²) in [5.41, 5.74) is 1.34. The Morgan fingerprint density at radius 3 is 2.86 bits per heavy atom. The van der Waals surface area contributed by atoms with Crippen LogP contribution in [0.25, 0.3) is 6.08 Å². The number of aliphatic hydroxyl groups excluding tert-OH is 1. The molecule has 0 aromatic carbocycles. The first-order valence-electron chi connectivity index (χ1n) is 10.6. The van der Waals surface area contributed by atoms with Gasteiger partial charge in [-0.05, 0) is 73.0 Å². The summed E-state index contributed by atoms with van der Waals surface area (Å²) in [4.78, 5) is 19.0. The topological polar surface area (TPSA) is 53.4 Å². The van der Waals surface area contributed by atoms with E-state index in [0.717, 1.165) is 37.1 Å². The second-order valence-electron chi connectivity index (χ2n) is 9.86. The van der Waals surface area contributed by atoms with Gasteiger partial charge in [0.25, 0.3) is 0 Å². The SMILES string of the molecule is CN1C(=O)C=C[C@@]2(C)C1C(=Cc1nccs1)C[C@@H]1[C@H]2CC[C@]2(C)C(O)CC[C@@H]12. The highest BCUT2D eigenvalue weighted by Crippen LogP contribution is 2.64. The fourth-order valence-corrected chi connectivity index (χ4v) is 7.88. The van der Waals surface area contributed by atoms with E-state index in [0.29, 0.717) is 17.8 Å². The molecule has 3 saturated carbocycles. The van der Waals surface area contributed by atoms with E-state index in [1.165, 1.54) is 5.57 Å². The van der Waals surface area contributed by atoms with Gasteiger partial charge >= 0.3 is 0 Å². The van der Waals surface area contributed by atoms with E-state index < -0.39 is 0 Å². The predicted octanol–water partition coefficient (Wildman–Crippen LogP) is 4.14. The average molecular weight is 399 g/mol. The molecule has 1 N–H and O–H groups in total. The van der Waals surface area contributed by atoms with Crippen LogP contribution < -0.4 is 0 Å². The van der Waals surface area contributed by atoms with E-state index in [9.17, 15) is 9.90 Å². The molecule has 1 aromatic heterocycles. The molecule has 7 atom stereocenters. The van der Waals surface area contributed by atoms with Crippen molar-refractivity contribution in [3.8, 4) is 0 Å². The molecule has 0 bridgehead atoms. The summed E-state index contributed by atoms with van der Waals surface area (Å²) in [5.74, 6) is 1.79. The van der Waals surface area contributed by atoms with Crippen molar-refractivity contribution in [2.45, 2.75) is 58.1 Å². The van der Waals surface area contributed by atoms with E-state index >= 15 is 0 Å². The number of aromatic nitrogens is 1. The van der Waals surface area contributed by atoms with Gasteiger partial charge in [-0.2, -0.15) is 0 Å². The van der Waals surface area contributed by atoms with Crippen molar-refractivity contribution in [2.75, 3.05) is 7.05 Å². The second-order valence-corrected chi connectivity index (χ2v) is 10.8. The molecule has 2 unspecified atom stereocenters. The van der Waals surface area contributed by atoms with Gasteiger partial charge in [0.1, 0.15) is 5.01 Å². The maximum atomic E-state index is 12.5. The molecule has 1 amide bonds. The van der Waals surface area contributed by atoms with Crippen LogP contribution in [-0.2, 0) is 4.79 Å². The third kappa shape index (κ3) is 2.45. The van der Waals surface area contributed by atoms with E-state index in [4.69, 9.17) is 0 Å². The number of hydrogen-bond donors (Lipinski definition) is 1. The van der Waals surface area contributed by atoms with Crippen LogP contribution in [0.2, 0.25) is 0 Å². The summed E-state index contributed by atoms with van der Waals surface area (Å²) in [6.07, 6.45) is 13.2. The fraction of sp³-hybridized carbons (Fsp3) is 0.652. The number of likely N-dealkylation sites (N-methyl/N-ethyl adjacent to an activating group) is 1. The van der Waals surface area contributed by atoms with Gasteiger partial charge in [-0.25, -0.2) is 4.98 Å². The Morgan fingerprint density at radius 2 is 2.11 bits per heavy atom. The number of fused-ring (bicyclic) bond motifs is 5. The zero-order valence-electron chi connectivity index (χ0n) is 17.0. The number of thiazole rings is 1. The molecule has 0 radical (unpaired) electrons. The minimum atomic E-state index is -0.165. The molecule has 1 aromatic rings. The molecule has 28 heavy (non-hydrogen) atoms. The quantitative estimate of drug-likeness (QED) is 0.774. The molecule has 1 aliphatic heterocycles. The Morgan fingerprint density at radius 1 is 1.29 bits per heavy atom. The Hall–Kier alpha value is -1.46. The Balaban J connectivity index is 1.62. The number of nitrogens with zero attached hydrogens (tertiary/aromatic N) is 2. The third-order valence-corrected chi connectivity index (χ3v) is 9.40. The molecule has 150 valence electrons. The highest BCUT2D eigenvalue weighted by Gasteiger charge is 2.61. The van der Waals surface area contributed by atoms with Crippen LogP contribution in [0.4, 0.5) is 0 Å². The Kier molecular flexibility index (Phi) is 4.15. The van der Waals surface area contributed by atoms with Gasteiger partial charge in [-0.1, -0.05) is 19.9 Å². The van der Waals surface area contributed by atoms with Crippen LogP contribution in [0.1, 0.15) is 51.0 Å². The average Bonchev–Trinajstić information content (AvgIpc) is 3.27. The first-order valence-corrected chi connectivity index (χ1v) is 11.5. The number of aliphatic hydroxyl groups is 1. The molecule has 0 saturated heterocycles. The Labute approximate surface area is 171 Å². The van der Waals surface area contributed by atoms with Crippen molar-refractivity contribution in [2.24, 2.45) is 28.6 Å². The summed E-state index contributed by atoms with van der Waals surface area (Å²) in [6, 6.07) is 0.103. The maximum absolute atomic E-state index is 12.5. The fourth-order valence-electron chi connectivity index (χ4n) is 7.28. The molecule has 4 aliphatic rings. The van der Waals surface area contributed by atoms with Crippen LogP contribution >= 0.6 is 11.3 Å². The van der Waals surface area contributed by atoms with Crippen molar-refractivity contribution in [3.63, 3.8) is 0 Å². The smallest absolute Gasteiger partial charge is 0.246 e. The molecule has 3 aliphatic carbocycles. The number of carbonyl (C=O) groups is 1. The van der Waals surface area contributed by atoms with Gasteiger partial charge in [-0.15, -0.1) is 11.3 Å². The van der Waals surface area contributed by atoms with Crippen molar-refractivity contribution < 1.29 is 9.90 Å². The summed E-state index contributed by atoms with van der Waals surface area (Å²) in [7, 11) is 1.96. The van der Waals surface area contributed by atoms with Crippen molar-refractivity contribution in [3.05, 3.63) is 34.3 Å². The first kappa shape index (κ1) is 18.6. The van der Waals surface area contributed by atoms with E-state index in [-0.39, 0.29) is 28.9 Å². The van der Waals surface area contributed by atoms with Gasteiger partial charge in [0.05, 0.1) is 12.1 Å². The lowest BCUT2D eigenvalue weighted by atomic mass is 9.47. The largest absolute Gasteiger partial charge is 0.393 e. The minimum Gasteiger partial charge on any atom is -0.393 e. The van der Waals surface area contributed by atoms with Gasteiger partial charge in [-0.3, -0.25) is 4.79 Å². The summed E-state index contributed by atoms with van der Waals surface area (Å²) in [6.45, 7) is 4.67. The monoisotopic (exact) mass is 398 g/mol. The van der Waals surface area contributed by atoms with E-state index in [1.807, 2.05) is 23.5 Å². The predicted molar refractivity (Wildman–Crippen MR) is 112 cm³/mol. The lowest BCUT2D eigenvalue weighted by Gasteiger charge is -2.60. The molecular weight excluding hydrogens is 368 g/mol. The van der Waals surface area contributed by atoms with Crippen molar-refractivity contribution in [1.29, 1.82) is 0 Å². The summed E-state index contributed by atoms with van der Waals surface area (Å²) < 4.78 is 0. The highest BCUT2D eigenvalue weighted by atomic mass is 32.1. The lowest BCUT2D eigenvalue weighted by Crippen LogP contribution is -2.60.